The fraction of sp³-hybridized carbons (Fsp3) is 0.348. The maximum Gasteiger partial charge on any atom is 0.274 e. The van der Waals surface area contributed by atoms with Gasteiger partial charge in [0.25, 0.3) is 5.91 Å². The lowest BCUT2D eigenvalue weighted by Gasteiger charge is -2.34. The van der Waals surface area contributed by atoms with Gasteiger partial charge in [-0.1, -0.05) is 24.3 Å². The predicted molar refractivity (Wildman–Crippen MR) is 111 cm³/mol. The van der Waals surface area contributed by atoms with Gasteiger partial charge in [-0.25, -0.2) is 4.68 Å². The Morgan fingerprint density at radius 2 is 1.72 bits per heavy atom. The lowest BCUT2D eigenvalue weighted by atomic mass is 10.1. The summed E-state index contributed by atoms with van der Waals surface area (Å²) in [5, 5.41) is 4.77. The normalized spacial score (nSPS) is 16.8. The van der Waals surface area contributed by atoms with Crippen molar-refractivity contribution in [2.45, 2.75) is 25.8 Å². The fourth-order valence-corrected chi connectivity index (χ4v) is 4.37. The predicted octanol–water partition coefficient (Wildman–Crippen LogP) is 2.71. The van der Waals surface area contributed by atoms with E-state index in [4.69, 9.17) is 5.10 Å². The lowest BCUT2D eigenvalue weighted by Crippen LogP contribution is -2.48. The van der Waals surface area contributed by atoms with E-state index in [2.05, 4.69) is 28.1 Å². The minimum atomic E-state index is 0.0790. The van der Waals surface area contributed by atoms with E-state index >= 15 is 0 Å². The van der Waals surface area contributed by atoms with Crippen LogP contribution in [-0.4, -0.2) is 56.7 Å². The summed E-state index contributed by atoms with van der Waals surface area (Å²) in [6.07, 6.45) is 4.86. The zero-order chi connectivity index (χ0) is 19.6. The number of hydrogen-bond acceptors (Lipinski definition) is 4. The van der Waals surface area contributed by atoms with Crippen LogP contribution in [0.25, 0.3) is 5.69 Å². The maximum atomic E-state index is 13.3. The average molecular weight is 387 g/mol. The molecule has 1 aliphatic carbocycles. The van der Waals surface area contributed by atoms with Gasteiger partial charge in [-0.05, 0) is 43.5 Å². The van der Waals surface area contributed by atoms with Crippen LogP contribution in [0.1, 0.15) is 33.9 Å². The summed E-state index contributed by atoms with van der Waals surface area (Å²) < 4.78 is 1.98. The fourth-order valence-electron chi connectivity index (χ4n) is 4.37. The second-order valence-electron chi connectivity index (χ2n) is 7.76. The highest BCUT2D eigenvalue weighted by Crippen LogP contribution is 2.28. The van der Waals surface area contributed by atoms with Gasteiger partial charge in [0.05, 0.1) is 11.4 Å². The number of benzene rings is 1. The second-order valence-corrected chi connectivity index (χ2v) is 7.76. The molecule has 2 aromatic heterocycles. The van der Waals surface area contributed by atoms with Gasteiger partial charge < -0.3 is 4.90 Å². The molecule has 0 unspecified atom stereocenters. The molecule has 5 rings (SSSR count). The summed E-state index contributed by atoms with van der Waals surface area (Å²) in [6.45, 7) is 4.03. The molecular weight excluding hydrogens is 362 g/mol. The average Bonchev–Trinajstić information content (AvgIpc) is 3.38. The van der Waals surface area contributed by atoms with E-state index in [0.29, 0.717) is 5.69 Å². The molecular formula is C23H25N5O. The smallest absolute Gasteiger partial charge is 0.274 e. The zero-order valence-electron chi connectivity index (χ0n) is 16.5. The number of hydrogen-bond donors (Lipinski definition) is 0. The van der Waals surface area contributed by atoms with Crippen LogP contribution in [0.2, 0.25) is 0 Å². The third kappa shape index (κ3) is 3.56. The minimum Gasteiger partial charge on any atom is -0.335 e. The summed E-state index contributed by atoms with van der Waals surface area (Å²) in [5.74, 6) is 0.0790. The Bertz CT molecular complexity index is 991. The largest absolute Gasteiger partial charge is 0.335 e. The van der Waals surface area contributed by atoms with E-state index in [-0.39, 0.29) is 5.91 Å². The van der Waals surface area contributed by atoms with Gasteiger partial charge in [-0.15, -0.1) is 0 Å². The van der Waals surface area contributed by atoms with Gasteiger partial charge in [0.2, 0.25) is 0 Å². The van der Waals surface area contributed by atoms with Crippen molar-refractivity contribution in [3.05, 3.63) is 77.4 Å². The molecule has 0 saturated carbocycles. The van der Waals surface area contributed by atoms with Crippen LogP contribution >= 0.6 is 0 Å². The van der Waals surface area contributed by atoms with Crippen LogP contribution in [0.5, 0.6) is 0 Å². The van der Waals surface area contributed by atoms with Crippen molar-refractivity contribution in [1.82, 2.24) is 24.6 Å². The van der Waals surface area contributed by atoms with E-state index in [1.54, 1.807) is 0 Å². The third-order valence-electron chi connectivity index (χ3n) is 5.90. The number of amides is 1. The molecule has 1 aromatic carbocycles. The molecule has 1 saturated heterocycles. The summed E-state index contributed by atoms with van der Waals surface area (Å²) in [7, 11) is 0. The summed E-state index contributed by atoms with van der Waals surface area (Å²) in [6, 6.07) is 16.1. The number of aromatic nitrogens is 3. The van der Waals surface area contributed by atoms with E-state index < -0.39 is 0 Å². The first-order chi connectivity index (χ1) is 14.3. The molecule has 0 bridgehead atoms. The van der Waals surface area contributed by atoms with Gasteiger partial charge in [0.15, 0.2) is 5.69 Å². The van der Waals surface area contributed by atoms with Crippen molar-refractivity contribution in [3.63, 3.8) is 0 Å². The van der Waals surface area contributed by atoms with Crippen LogP contribution in [-0.2, 0) is 19.4 Å². The number of pyridine rings is 1. The Kier molecular flexibility index (Phi) is 4.86. The molecule has 0 radical (unpaired) electrons. The van der Waals surface area contributed by atoms with Crippen LogP contribution in [0, 0.1) is 0 Å². The number of piperazine rings is 1. The Morgan fingerprint density at radius 3 is 2.48 bits per heavy atom. The van der Waals surface area contributed by atoms with E-state index in [1.165, 1.54) is 5.69 Å². The van der Waals surface area contributed by atoms with Gasteiger partial charge in [0, 0.05) is 50.2 Å². The Morgan fingerprint density at radius 1 is 0.931 bits per heavy atom. The summed E-state index contributed by atoms with van der Waals surface area (Å²) >= 11 is 0. The van der Waals surface area contributed by atoms with E-state index in [0.717, 1.165) is 68.9 Å². The first-order valence-electron chi connectivity index (χ1n) is 10.4. The van der Waals surface area contributed by atoms with Crippen molar-refractivity contribution in [2.75, 3.05) is 26.2 Å². The standard InChI is InChI=1S/C23H25N5O/c29-23(27-15-13-26(14-16-27)17-18-7-4-5-12-24-18)22-20-10-6-11-21(20)28(25-22)19-8-2-1-3-9-19/h1-5,7-9,12H,6,10-11,13-17H2. The molecule has 6 heteroatoms. The van der Waals surface area contributed by atoms with Gasteiger partial charge in [-0.3, -0.25) is 14.7 Å². The van der Waals surface area contributed by atoms with E-state index in [1.807, 2.05) is 46.1 Å². The zero-order valence-corrected chi connectivity index (χ0v) is 16.5. The monoisotopic (exact) mass is 387 g/mol. The lowest BCUT2D eigenvalue weighted by molar-refractivity contribution is 0.0620. The first-order valence-corrected chi connectivity index (χ1v) is 10.4. The number of para-hydroxylation sites is 1. The number of fused-ring (bicyclic) bond motifs is 1. The SMILES string of the molecule is O=C(c1nn(-c2ccccc2)c2c1CCC2)N1CCN(Cc2ccccn2)CC1. The van der Waals surface area contributed by atoms with Crippen molar-refractivity contribution < 1.29 is 4.79 Å². The first kappa shape index (κ1) is 18.1. The number of rotatable bonds is 4. The Balaban J connectivity index is 1.31. The second kappa shape index (κ2) is 7.79. The number of carbonyl (C=O) groups is 1. The van der Waals surface area contributed by atoms with Gasteiger partial charge in [-0.2, -0.15) is 5.10 Å². The molecule has 148 valence electrons. The van der Waals surface area contributed by atoms with Crippen molar-refractivity contribution in [1.29, 1.82) is 0 Å². The number of nitrogens with zero attached hydrogens (tertiary/aromatic N) is 5. The molecule has 1 fully saturated rings. The Labute approximate surface area is 170 Å². The molecule has 2 aliphatic rings. The summed E-state index contributed by atoms with van der Waals surface area (Å²) in [5.41, 5.74) is 5.11. The van der Waals surface area contributed by atoms with Gasteiger partial charge >= 0.3 is 0 Å². The van der Waals surface area contributed by atoms with Crippen LogP contribution < -0.4 is 0 Å². The van der Waals surface area contributed by atoms with Crippen molar-refractivity contribution in [3.8, 4) is 5.69 Å². The molecule has 0 spiro atoms. The molecule has 1 amide bonds. The summed E-state index contributed by atoms with van der Waals surface area (Å²) in [4.78, 5) is 22.0. The molecule has 29 heavy (non-hydrogen) atoms. The maximum absolute atomic E-state index is 13.3. The van der Waals surface area contributed by atoms with Crippen LogP contribution in [0.3, 0.4) is 0 Å². The third-order valence-corrected chi connectivity index (χ3v) is 5.90. The highest BCUT2D eigenvalue weighted by molar-refractivity contribution is 5.94. The van der Waals surface area contributed by atoms with Crippen LogP contribution in [0.4, 0.5) is 0 Å². The molecule has 0 N–H and O–H groups in total. The molecule has 3 heterocycles. The molecule has 1 aliphatic heterocycles. The molecule has 3 aromatic rings. The highest BCUT2D eigenvalue weighted by Gasteiger charge is 2.31. The molecule has 0 atom stereocenters. The van der Waals surface area contributed by atoms with Crippen molar-refractivity contribution >= 4 is 5.91 Å². The minimum absolute atomic E-state index is 0.0790. The van der Waals surface area contributed by atoms with Crippen molar-refractivity contribution in [2.24, 2.45) is 0 Å². The number of carbonyl (C=O) groups excluding carboxylic acids is 1. The Hall–Kier alpha value is -2.99. The molecule has 6 nitrogen and oxygen atoms in total. The van der Waals surface area contributed by atoms with Crippen LogP contribution in [0.15, 0.2) is 54.7 Å². The quantitative estimate of drug-likeness (QED) is 0.691. The topological polar surface area (TPSA) is 54.3 Å². The van der Waals surface area contributed by atoms with Gasteiger partial charge in [0.1, 0.15) is 0 Å². The highest BCUT2D eigenvalue weighted by atomic mass is 16.2. The van der Waals surface area contributed by atoms with E-state index in [9.17, 15) is 4.79 Å².